The van der Waals surface area contributed by atoms with Crippen LogP contribution in [0.4, 0.5) is 5.82 Å². The van der Waals surface area contributed by atoms with E-state index in [0.717, 1.165) is 29.7 Å². The van der Waals surface area contributed by atoms with E-state index in [1.807, 2.05) is 41.3 Å². The number of unbranched alkanes of at least 4 members (excludes halogenated alkanes) is 1. The van der Waals surface area contributed by atoms with Gasteiger partial charge in [-0.3, -0.25) is 0 Å². The van der Waals surface area contributed by atoms with E-state index < -0.39 is 0 Å². The summed E-state index contributed by atoms with van der Waals surface area (Å²) in [5, 5.41) is 6.74. The van der Waals surface area contributed by atoms with Crippen molar-refractivity contribution in [3.05, 3.63) is 47.6 Å². The number of para-hydroxylation sites is 1. The Morgan fingerprint density at radius 3 is 2.95 bits per heavy atom. The van der Waals surface area contributed by atoms with Gasteiger partial charge in [-0.05, 0) is 54.7 Å². The molecular weight excluding hydrogens is 310 g/mol. The van der Waals surface area contributed by atoms with Crippen LogP contribution in [0.5, 0.6) is 0 Å². The normalized spacial score (nSPS) is 11.0. The van der Waals surface area contributed by atoms with Crippen molar-refractivity contribution in [2.75, 3.05) is 17.6 Å². The van der Waals surface area contributed by atoms with E-state index in [1.165, 1.54) is 21.9 Å². The predicted octanol–water partition coefficient (Wildman–Crippen LogP) is 4.98. The third-order valence-electron chi connectivity index (χ3n) is 3.36. The van der Waals surface area contributed by atoms with E-state index in [1.54, 1.807) is 6.33 Å². The highest BCUT2D eigenvalue weighted by Crippen LogP contribution is 2.26. The summed E-state index contributed by atoms with van der Waals surface area (Å²) >= 11 is 3.80. The zero-order valence-electron chi connectivity index (χ0n) is 12.6. The smallest absolute Gasteiger partial charge is 0.137 e. The first-order valence-electron chi connectivity index (χ1n) is 7.44. The zero-order chi connectivity index (χ0) is 15.2. The molecule has 0 unspecified atom stereocenters. The Kier molecular flexibility index (Phi) is 5.29. The molecule has 2 aromatic heterocycles. The molecule has 3 aromatic rings. The van der Waals surface area contributed by atoms with E-state index in [2.05, 4.69) is 39.7 Å². The van der Waals surface area contributed by atoms with Crippen LogP contribution < -0.4 is 5.32 Å². The molecule has 0 aliphatic rings. The highest BCUT2D eigenvalue weighted by Gasteiger charge is 2.02. The van der Waals surface area contributed by atoms with Gasteiger partial charge >= 0.3 is 0 Å². The van der Waals surface area contributed by atoms with E-state index in [4.69, 9.17) is 0 Å². The molecular formula is C17H19N3S2. The number of thiophene rings is 1. The van der Waals surface area contributed by atoms with Crippen molar-refractivity contribution in [2.45, 2.75) is 24.0 Å². The minimum Gasteiger partial charge on any atom is -0.369 e. The molecule has 0 fully saturated rings. The number of fused-ring (bicyclic) bond motifs is 1. The second kappa shape index (κ2) is 7.61. The summed E-state index contributed by atoms with van der Waals surface area (Å²) in [4.78, 5) is 8.63. The Balaban J connectivity index is 1.43. The average Bonchev–Trinajstić information content (AvgIpc) is 2.96. The van der Waals surface area contributed by atoms with Crippen LogP contribution in [-0.4, -0.2) is 22.3 Å². The third-order valence-corrected chi connectivity index (χ3v) is 5.73. The van der Waals surface area contributed by atoms with Crippen LogP contribution in [0.1, 0.15) is 18.4 Å². The topological polar surface area (TPSA) is 37.8 Å². The Morgan fingerprint density at radius 1 is 1.18 bits per heavy atom. The lowest BCUT2D eigenvalue weighted by Gasteiger charge is -2.07. The molecule has 0 radical (unpaired) electrons. The number of nitrogens with one attached hydrogen (secondary N) is 1. The molecule has 0 saturated carbocycles. The largest absolute Gasteiger partial charge is 0.369 e. The summed E-state index contributed by atoms with van der Waals surface area (Å²) in [6.07, 6.45) is 3.98. The summed E-state index contributed by atoms with van der Waals surface area (Å²) in [6, 6.07) is 10.4. The van der Waals surface area contributed by atoms with Gasteiger partial charge in [-0.15, -0.1) is 23.1 Å². The molecule has 0 amide bonds. The maximum absolute atomic E-state index is 4.35. The molecule has 0 bridgehead atoms. The summed E-state index contributed by atoms with van der Waals surface area (Å²) in [5.41, 5.74) is 2.36. The van der Waals surface area contributed by atoms with Crippen molar-refractivity contribution in [1.82, 2.24) is 9.97 Å². The average molecular weight is 329 g/mol. The van der Waals surface area contributed by atoms with Crippen molar-refractivity contribution in [3.8, 4) is 0 Å². The number of aryl methyl sites for hydroxylation is 1. The lowest BCUT2D eigenvalue weighted by Crippen LogP contribution is -2.04. The molecule has 0 saturated heterocycles. The monoisotopic (exact) mass is 329 g/mol. The molecule has 0 spiro atoms. The molecule has 2 heterocycles. The molecule has 22 heavy (non-hydrogen) atoms. The Bertz CT molecular complexity index is 734. The van der Waals surface area contributed by atoms with Gasteiger partial charge in [-0.2, -0.15) is 0 Å². The maximum Gasteiger partial charge on any atom is 0.137 e. The number of benzene rings is 1. The van der Waals surface area contributed by atoms with Crippen molar-refractivity contribution in [1.29, 1.82) is 0 Å². The second-order valence-corrected chi connectivity index (χ2v) is 7.47. The first-order chi connectivity index (χ1) is 10.8. The van der Waals surface area contributed by atoms with Crippen LogP contribution in [-0.2, 0) is 0 Å². The van der Waals surface area contributed by atoms with Crippen molar-refractivity contribution >= 4 is 39.8 Å². The Labute approximate surface area is 139 Å². The summed E-state index contributed by atoms with van der Waals surface area (Å²) < 4.78 is 1.42. The van der Waals surface area contributed by atoms with Crippen LogP contribution in [0.2, 0.25) is 0 Å². The third kappa shape index (κ3) is 3.99. The van der Waals surface area contributed by atoms with Crippen LogP contribution in [0.3, 0.4) is 0 Å². The van der Waals surface area contributed by atoms with Gasteiger partial charge in [0.1, 0.15) is 12.1 Å². The van der Waals surface area contributed by atoms with Crippen LogP contribution in [0, 0.1) is 6.92 Å². The number of thioether (sulfide) groups is 1. The first-order valence-corrected chi connectivity index (χ1v) is 9.31. The zero-order valence-corrected chi connectivity index (χ0v) is 14.2. The molecule has 3 rings (SSSR count). The van der Waals surface area contributed by atoms with Gasteiger partial charge in [-0.1, -0.05) is 12.1 Å². The molecule has 3 nitrogen and oxygen atoms in total. The van der Waals surface area contributed by atoms with Gasteiger partial charge in [-0.25, -0.2) is 9.97 Å². The molecule has 1 N–H and O–H groups in total. The SMILES string of the molecule is Cc1csc(SCCCCNc2ncnc3ccccc23)c1. The van der Waals surface area contributed by atoms with Crippen LogP contribution in [0.25, 0.3) is 10.9 Å². The Hall–Kier alpha value is -1.59. The lowest BCUT2D eigenvalue weighted by atomic mass is 10.2. The summed E-state index contributed by atoms with van der Waals surface area (Å²) in [6.45, 7) is 3.10. The number of hydrogen-bond donors (Lipinski definition) is 1. The number of nitrogens with zero attached hydrogens (tertiary/aromatic N) is 2. The number of rotatable bonds is 7. The lowest BCUT2D eigenvalue weighted by molar-refractivity contribution is 0.840. The minimum atomic E-state index is 0.937. The van der Waals surface area contributed by atoms with Crippen molar-refractivity contribution < 1.29 is 0 Å². The molecule has 0 aliphatic carbocycles. The van der Waals surface area contributed by atoms with E-state index >= 15 is 0 Å². The number of aromatic nitrogens is 2. The van der Waals surface area contributed by atoms with Gasteiger partial charge in [0.15, 0.2) is 0 Å². The fraction of sp³-hybridized carbons (Fsp3) is 0.294. The first kappa shape index (κ1) is 15.3. The van der Waals surface area contributed by atoms with Gasteiger partial charge < -0.3 is 5.32 Å². The van der Waals surface area contributed by atoms with Gasteiger partial charge in [0.2, 0.25) is 0 Å². The molecule has 0 aliphatic heterocycles. The Morgan fingerprint density at radius 2 is 2.09 bits per heavy atom. The molecule has 5 heteroatoms. The minimum absolute atomic E-state index is 0.937. The maximum atomic E-state index is 4.35. The second-order valence-electron chi connectivity index (χ2n) is 5.16. The van der Waals surface area contributed by atoms with Crippen molar-refractivity contribution in [2.24, 2.45) is 0 Å². The van der Waals surface area contributed by atoms with Gasteiger partial charge in [0.25, 0.3) is 0 Å². The predicted molar refractivity (Wildman–Crippen MR) is 97.0 cm³/mol. The quantitative estimate of drug-likeness (QED) is 0.490. The highest BCUT2D eigenvalue weighted by atomic mass is 32.2. The highest BCUT2D eigenvalue weighted by molar-refractivity contribution is 8.01. The fourth-order valence-corrected chi connectivity index (χ4v) is 4.34. The van der Waals surface area contributed by atoms with Gasteiger partial charge in [0.05, 0.1) is 9.73 Å². The van der Waals surface area contributed by atoms with E-state index in [-0.39, 0.29) is 0 Å². The van der Waals surface area contributed by atoms with E-state index in [0.29, 0.717) is 0 Å². The molecule has 0 atom stereocenters. The van der Waals surface area contributed by atoms with Crippen LogP contribution in [0.15, 0.2) is 46.2 Å². The van der Waals surface area contributed by atoms with Crippen molar-refractivity contribution in [3.63, 3.8) is 0 Å². The number of anilines is 1. The number of hydrogen-bond acceptors (Lipinski definition) is 5. The molecule has 114 valence electrons. The van der Waals surface area contributed by atoms with Crippen LogP contribution >= 0.6 is 23.1 Å². The summed E-state index contributed by atoms with van der Waals surface area (Å²) in [5.74, 6) is 2.11. The summed E-state index contributed by atoms with van der Waals surface area (Å²) in [7, 11) is 0. The molecule has 1 aromatic carbocycles. The standard InChI is InChI=1S/C17H19N3S2/c1-13-10-16(22-11-13)21-9-5-4-8-18-17-14-6-2-3-7-15(14)19-12-20-17/h2-3,6-7,10-12H,4-5,8-9H2,1H3,(H,18,19,20). The van der Waals surface area contributed by atoms with E-state index in [9.17, 15) is 0 Å². The fourth-order valence-electron chi connectivity index (χ4n) is 2.23. The van der Waals surface area contributed by atoms with Gasteiger partial charge in [0, 0.05) is 11.9 Å².